The van der Waals surface area contributed by atoms with Crippen LogP contribution in [0.3, 0.4) is 0 Å². The fraction of sp³-hybridized carbons (Fsp3) is 0.412. The molecule has 1 aromatic rings. The van der Waals surface area contributed by atoms with E-state index in [2.05, 4.69) is 28.6 Å². The van der Waals surface area contributed by atoms with Gasteiger partial charge in [0, 0.05) is 42.8 Å². The van der Waals surface area contributed by atoms with Crippen LogP contribution >= 0.6 is 0 Å². The summed E-state index contributed by atoms with van der Waals surface area (Å²) < 4.78 is 0. The monoisotopic (exact) mass is 314 g/mol. The molecular weight excluding hydrogens is 292 g/mol. The Morgan fingerprint density at radius 3 is 2.83 bits per heavy atom. The van der Waals surface area contributed by atoms with Crippen LogP contribution in [0.1, 0.15) is 37.0 Å². The largest absolute Gasteiger partial charge is 0.351 e. The minimum atomic E-state index is -0.232. The van der Waals surface area contributed by atoms with Gasteiger partial charge < -0.3 is 16.0 Å². The van der Waals surface area contributed by atoms with Crippen LogP contribution in [0, 0.1) is 17.2 Å². The molecule has 2 rings (SSSR count). The quantitative estimate of drug-likeness (QED) is 0.508. The van der Waals surface area contributed by atoms with Gasteiger partial charge in [0.1, 0.15) is 5.82 Å². The van der Waals surface area contributed by atoms with Crippen LogP contribution in [0.4, 0.5) is 5.82 Å². The molecule has 3 N–H and O–H groups in total. The maximum absolute atomic E-state index is 12.2. The number of aromatic nitrogens is 1. The predicted molar refractivity (Wildman–Crippen MR) is 89.6 cm³/mol. The van der Waals surface area contributed by atoms with Gasteiger partial charge >= 0.3 is 0 Å². The highest BCUT2D eigenvalue weighted by Gasteiger charge is 2.30. The fourth-order valence-corrected chi connectivity index (χ4v) is 2.41. The first-order valence-electron chi connectivity index (χ1n) is 7.84. The Labute approximate surface area is 135 Å². The van der Waals surface area contributed by atoms with Crippen molar-refractivity contribution in [1.82, 2.24) is 10.3 Å². The Hall–Kier alpha value is -2.50. The molecule has 1 unspecified atom stereocenters. The average Bonchev–Trinajstić information content (AvgIpc) is 3.35. The van der Waals surface area contributed by atoms with Crippen molar-refractivity contribution >= 4 is 23.8 Å². The van der Waals surface area contributed by atoms with Gasteiger partial charge in [-0.2, -0.15) is 0 Å². The molecule has 0 spiro atoms. The zero-order chi connectivity index (χ0) is 16.8. The molecule has 2 atom stereocenters. The lowest BCUT2D eigenvalue weighted by Gasteiger charge is -2.13. The van der Waals surface area contributed by atoms with E-state index in [1.165, 1.54) is 18.0 Å². The van der Waals surface area contributed by atoms with Gasteiger partial charge in [0.05, 0.1) is 0 Å². The summed E-state index contributed by atoms with van der Waals surface area (Å²) in [5.41, 5.74) is 1.79. The lowest BCUT2D eigenvalue weighted by Crippen LogP contribution is -2.31. The van der Waals surface area contributed by atoms with Gasteiger partial charge in [0.25, 0.3) is 5.91 Å². The Morgan fingerprint density at radius 2 is 2.22 bits per heavy atom. The molecule has 0 aliphatic heterocycles. The number of hydrogen-bond donors (Lipinski definition) is 3. The number of amides is 2. The van der Waals surface area contributed by atoms with Crippen LogP contribution < -0.4 is 10.6 Å². The smallest absolute Gasteiger partial charge is 0.251 e. The van der Waals surface area contributed by atoms with E-state index >= 15 is 0 Å². The highest BCUT2D eigenvalue weighted by Crippen LogP contribution is 2.37. The molecule has 0 fully saturated rings. The molecule has 1 aliphatic carbocycles. The van der Waals surface area contributed by atoms with E-state index in [0.717, 1.165) is 6.42 Å². The second-order valence-electron chi connectivity index (χ2n) is 5.49. The SMILES string of the molecule is CCC(=O)Nc1cc(C(=O)NCC(C=N)[C@@H]2C=C2CC)ccn1. The number of rotatable bonds is 8. The number of hydrogen-bond acceptors (Lipinski definition) is 4. The Bertz CT molecular complexity index is 639. The molecule has 6 heteroatoms. The number of nitrogens with one attached hydrogen (secondary N) is 3. The lowest BCUT2D eigenvalue weighted by atomic mass is 10.0. The minimum Gasteiger partial charge on any atom is -0.351 e. The topological polar surface area (TPSA) is 94.9 Å². The Morgan fingerprint density at radius 1 is 1.43 bits per heavy atom. The van der Waals surface area contributed by atoms with Gasteiger partial charge in [-0.3, -0.25) is 9.59 Å². The normalized spacial score (nSPS) is 17.0. The van der Waals surface area contributed by atoms with Crippen LogP contribution in [0.5, 0.6) is 0 Å². The van der Waals surface area contributed by atoms with Crippen molar-refractivity contribution in [3.05, 3.63) is 35.5 Å². The van der Waals surface area contributed by atoms with Gasteiger partial charge in [0.2, 0.25) is 5.91 Å². The van der Waals surface area contributed by atoms with Crippen molar-refractivity contribution in [2.24, 2.45) is 11.8 Å². The van der Waals surface area contributed by atoms with Crippen LogP contribution in [0.2, 0.25) is 0 Å². The number of carbonyl (C=O) groups is 2. The molecule has 0 radical (unpaired) electrons. The highest BCUT2D eigenvalue weighted by molar-refractivity contribution is 5.96. The molecule has 0 aromatic carbocycles. The first-order valence-corrected chi connectivity index (χ1v) is 7.84. The van der Waals surface area contributed by atoms with Crippen LogP contribution in [-0.4, -0.2) is 29.6 Å². The molecule has 0 saturated heterocycles. The van der Waals surface area contributed by atoms with E-state index in [9.17, 15) is 9.59 Å². The molecule has 122 valence electrons. The molecule has 0 saturated carbocycles. The maximum Gasteiger partial charge on any atom is 0.251 e. The molecule has 0 bridgehead atoms. The van der Waals surface area contributed by atoms with Crippen LogP contribution in [-0.2, 0) is 4.79 Å². The number of nitrogens with zero attached hydrogens (tertiary/aromatic N) is 1. The summed E-state index contributed by atoms with van der Waals surface area (Å²) in [5.74, 6) is 0.311. The lowest BCUT2D eigenvalue weighted by molar-refractivity contribution is -0.115. The van der Waals surface area contributed by atoms with Gasteiger partial charge in [-0.15, -0.1) is 0 Å². The first kappa shape index (κ1) is 16.9. The summed E-state index contributed by atoms with van der Waals surface area (Å²) in [7, 11) is 0. The van der Waals surface area contributed by atoms with Crippen molar-refractivity contribution in [2.75, 3.05) is 11.9 Å². The van der Waals surface area contributed by atoms with Crippen molar-refractivity contribution in [2.45, 2.75) is 26.7 Å². The molecular formula is C17H22N4O2. The van der Waals surface area contributed by atoms with E-state index in [-0.39, 0.29) is 17.7 Å². The van der Waals surface area contributed by atoms with Crippen LogP contribution in [0.15, 0.2) is 30.0 Å². The van der Waals surface area contributed by atoms with Gasteiger partial charge in [-0.05, 0) is 18.6 Å². The van der Waals surface area contributed by atoms with Crippen molar-refractivity contribution in [3.8, 4) is 0 Å². The van der Waals surface area contributed by atoms with E-state index < -0.39 is 0 Å². The molecule has 2 amide bonds. The standard InChI is InChI=1S/C17H22N4O2/c1-3-11-7-14(11)13(9-18)10-20-17(23)12-5-6-19-15(8-12)21-16(22)4-2/h5-9,13-14,18H,3-4,10H2,1-2H3,(H,20,23)(H,19,21,22)/t13?,14-/m1/s1. The summed E-state index contributed by atoms with van der Waals surface area (Å²) in [6, 6.07) is 3.15. The van der Waals surface area contributed by atoms with E-state index in [4.69, 9.17) is 5.41 Å². The van der Waals surface area contributed by atoms with Crippen LogP contribution in [0.25, 0.3) is 0 Å². The number of anilines is 1. The summed E-state index contributed by atoms with van der Waals surface area (Å²) >= 11 is 0. The van der Waals surface area contributed by atoms with Gasteiger partial charge in [-0.1, -0.05) is 25.5 Å². The van der Waals surface area contributed by atoms with Gasteiger partial charge in [-0.25, -0.2) is 4.98 Å². The highest BCUT2D eigenvalue weighted by atomic mass is 16.2. The van der Waals surface area contributed by atoms with Crippen molar-refractivity contribution < 1.29 is 9.59 Å². The van der Waals surface area contributed by atoms with Crippen molar-refractivity contribution in [3.63, 3.8) is 0 Å². The molecule has 23 heavy (non-hydrogen) atoms. The fourth-order valence-electron chi connectivity index (χ4n) is 2.41. The zero-order valence-corrected chi connectivity index (χ0v) is 13.4. The summed E-state index contributed by atoms with van der Waals surface area (Å²) in [6.07, 6.45) is 6.38. The third-order valence-corrected chi connectivity index (χ3v) is 3.91. The molecule has 1 aromatic heterocycles. The second-order valence-corrected chi connectivity index (χ2v) is 5.49. The van der Waals surface area contributed by atoms with Gasteiger partial charge in [0.15, 0.2) is 0 Å². The van der Waals surface area contributed by atoms with E-state index in [1.54, 1.807) is 19.1 Å². The number of pyridine rings is 1. The number of carbonyl (C=O) groups excluding carboxylic acids is 2. The second kappa shape index (κ2) is 7.67. The molecule has 1 aliphatic rings. The Balaban J connectivity index is 1.91. The molecule has 6 nitrogen and oxygen atoms in total. The summed E-state index contributed by atoms with van der Waals surface area (Å²) in [4.78, 5) is 27.6. The third kappa shape index (κ3) is 4.48. The molecule has 1 heterocycles. The zero-order valence-electron chi connectivity index (χ0n) is 13.4. The predicted octanol–water partition coefficient (Wildman–Crippen LogP) is 2.39. The maximum atomic E-state index is 12.2. The summed E-state index contributed by atoms with van der Waals surface area (Å²) in [6.45, 7) is 4.26. The minimum absolute atomic E-state index is 0.00926. The number of allylic oxidation sites excluding steroid dienone is 2. The Kier molecular flexibility index (Phi) is 5.62. The van der Waals surface area contributed by atoms with E-state index in [0.29, 0.717) is 30.3 Å². The average molecular weight is 314 g/mol. The third-order valence-electron chi connectivity index (χ3n) is 3.91. The van der Waals surface area contributed by atoms with E-state index in [1.807, 2.05) is 0 Å². The first-order chi connectivity index (χ1) is 11.1. The van der Waals surface area contributed by atoms with Crippen molar-refractivity contribution in [1.29, 1.82) is 5.41 Å². The summed E-state index contributed by atoms with van der Waals surface area (Å²) in [5, 5.41) is 13.0.